The quantitative estimate of drug-likeness (QED) is 0.814. The lowest BCUT2D eigenvalue weighted by Crippen LogP contribution is -2.28. The molecule has 0 aliphatic heterocycles. The van der Waals surface area contributed by atoms with Gasteiger partial charge in [0.2, 0.25) is 0 Å². The van der Waals surface area contributed by atoms with Crippen LogP contribution in [0.4, 0.5) is 5.69 Å². The molecule has 0 atom stereocenters. The average molecular weight is 234 g/mol. The highest BCUT2D eigenvalue weighted by Gasteiger charge is 2.11. The van der Waals surface area contributed by atoms with Gasteiger partial charge in [-0.1, -0.05) is 6.07 Å². The number of aryl methyl sites for hydroxylation is 1. The summed E-state index contributed by atoms with van der Waals surface area (Å²) in [5.41, 5.74) is 2.05. The first kappa shape index (κ1) is 13.3. The van der Waals surface area contributed by atoms with E-state index in [4.69, 9.17) is 15.1 Å². The first-order valence-electron chi connectivity index (χ1n) is 5.60. The smallest absolute Gasteiger partial charge is 0.142 e. The van der Waals surface area contributed by atoms with Gasteiger partial charge in [0.15, 0.2) is 0 Å². The van der Waals surface area contributed by atoms with Crippen LogP contribution < -0.4 is 9.64 Å². The van der Waals surface area contributed by atoms with E-state index in [2.05, 4.69) is 6.07 Å². The number of anilines is 1. The van der Waals surface area contributed by atoms with E-state index >= 15 is 0 Å². The lowest BCUT2D eigenvalue weighted by Gasteiger charge is -2.25. The van der Waals surface area contributed by atoms with E-state index in [0.29, 0.717) is 19.5 Å². The number of nitrogens with zero attached hydrogens (tertiary/aromatic N) is 2. The molecule has 92 valence electrons. The summed E-state index contributed by atoms with van der Waals surface area (Å²) in [6.07, 6.45) is 0.428. The monoisotopic (exact) mass is 234 g/mol. The highest BCUT2D eigenvalue weighted by Crippen LogP contribution is 2.29. The van der Waals surface area contributed by atoms with Gasteiger partial charge in [0.05, 0.1) is 31.9 Å². The molecule has 0 amide bonds. The van der Waals surface area contributed by atoms with E-state index in [1.807, 2.05) is 30.0 Å². The van der Waals surface area contributed by atoms with E-state index in [0.717, 1.165) is 17.0 Å². The lowest BCUT2D eigenvalue weighted by atomic mass is 10.2. The van der Waals surface area contributed by atoms with Crippen LogP contribution >= 0.6 is 0 Å². The Kier molecular flexibility index (Phi) is 5.31. The molecule has 1 aromatic carbocycles. The van der Waals surface area contributed by atoms with Gasteiger partial charge in [0.1, 0.15) is 5.75 Å². The van der Waals surface area contributed by atoms with Gasteiger partial charge in [-0.15, -0.1) is 0 Å². The molecule has 0 spiro atoms. The van der Waals surface area contributed by atoms with Crippen molar-refractivity contribution in [3.05, 3.63) is 23.8 Å². The second-order valence-electron chi connectivity index (χ2n) is 3.79. The molecule has 0 fully saturated rings. The Hall–Kier alpha value is -1.73. The normalized spacial score (nSPS) is 9.76. The fourth-order valence-corrected chi connectivity index (χ4v) is 1.71. The Balaban J connectivity index is 2.98. The summed E-state index contributed by atoms with van der Waals surface area (Å²) >= 11 is 0. The standard InChI is InChI=1S/C13H18N2O2/c1-11-4-5-13(17-2)12(10-11)15(8-9-16)7-3-6-14/h4-5,10,16H,3,7-9H2,1-2H3. The van der Waals surface area contributed by atoms with Crippen molar-refractivity contribution < 1.29 is 9.84 Å². The van der Waals surface area contributed by atoms with E-state index in [1.165, 1.54) is 0 Å². The number of benzene rings is 1. The van der Waals surface area contributed by atoms with Crippen LogP contribution in [0.15, 0.2) is 18.2 Å². The fraction of sp³-hybridized carbons (Fsp3) is 0.462. The molecule has 0 aliphatic carbocycles. The number of nitriles is 1. The van der Waals surface area contributed by atoms with Gasteiger partial charge < -0.3 is 14.7 Å². The molecule has 0 heterocycles. The predicted molar refractivity (Wildman–Crippen MR) is 67.3 cm³/mol. The Bertz CT molecular complexity index is 399. The molecular weight excluding hydrogens is 216 g/mol. The van der Waals surface area contributed by atoms with Crippen molar-refractivity contribution in [1.82, 2.24) is 0 Å². The minimum atomic E-state index is 0.0581. The number of methoxy groups -OCH3 is 1. The Morgan fingerprint density at radius 3 is 2.76 bits per heavy atom. The van der Waals surface area contributed by atoms with E-state index < -0.39 is 0 Å². The van der Waals surface area contributed by atoms with Gasteiger partial charge in [0, 0.05) is 13.1 Å². The van der Waals surface area contributed by atoms with Crippen LogP contribution in [-0.2, 0) is 0 Å². The van der Waals surface area contributed by atoms with Crippen LogP contribution in [-0.4, -0.2) is 31.9 Å². The van der Waals surface area contributed by atoms with Crippen molar-refractivity contribution in [2.75, 3.05) is 31.7 Å². The Labute approximate surface area is 102 Å². The van der Waals surface area contributed by atoms with Gasteiger partial charge in [-0.05, 0) is 24.6 Å². The predicted octanol–water partition coefficient (Wildman–Crippen LogP) is 1.72. The van der Waals surface area contributed by atoms with Crippen molar-refractivity contribution in [2.45, 2.75) is 13.3 Å². The molecule has 0 aliphatic rings. The van der Waals surface area contributed by atoms with Crippen LogP contribution in [0.1, 0.15) is 12.0 Å². The second-order valence-corrected chi connectivity index (χ2v) is 3.79. The van der Waals surface area contributed by atoms with Gasteiger partial charge in [-0.3, -0.25) is 0 Å². The SMILES string of the molecule is COc1ccc(C)cc1N(CCO)CCC#N. The topological polar surface area (TPSA) is 56.5 Å². The van der Waals surface area contributed by atoms with Crippen LogP contribution in [0, 0.1) is 18.3 Å². The highest BCUT2D eigenvalue weighted by atomic mass is 16.5. The third-order valence-corrected chi connectivity index (χ3v) is 2.54. The third-order valence-electron chi connectivity index (χ3n) is 2.54. The van der Waals surface area contributed by atoms with Gasteiger partial charge in [0.25, 0.3) is 0 Å². The van der Waals surface area contributed by atoms with E-state index in [-0.39, 0.29) is 6.61 Å². The number of rotatable bonds is 6. The third kappa shape index (κ3) is 3.65. The molecule has 1 N–H and O–H groups in total. The van der Waals surface area contributed by atoms with E-state index in [9.17, 15) is 0 Å². The largest absolute Gasteiger partial charge is 0.495 e. The van der Waals surface area contributed by atoms with Crippen LogP contribution in [0.2, 0.25) is 0 Å². The first-order chi connectivity index (χ1) is 8.22. The zero-order valence-electron chi connectivity index (χ0n) is 10.3. The lowest BCUT2D eigenvalue weighted by molar-refractivity contribution is 0.301. The van der Waals surface area contributed by atoms with Crippen LogP contribution in [0.5, 0.6) is 5.75 Å². The molecule has 1 aromatic rings. The van der Waals surface area contributed by atoms with Crippen LogP contribution in [0.25, 0.3) is 0 Å². The minimum Gasteiger partial charge on any atom is -0.495 e. The molecule has 4 nitrogen and oxygen atoms in total. The van der Waals surface area contributed by atoms with Crippen molar-refractivity contribution in [2.24, 2.45) is 0 Å². The molecule has 0 aromatic heterocycles. The first-order valence-corrected chi connectivity index (χ1v) is 5.60. The summed E-state index contributed by atoms with van der Waals surface area (Å²) in [6, 6.07) is 8.00. The highest BCUT2D eigenvalue weighted by molar-refractivity contribution is 5.60. The maximum absolute atomic E-state index is 9.06. The second kappa shape index (κ2) is 6.77. The minimum absolute atomic E-state index is 0.0581. The van der Waals surface area contributed by atoms with Gasteiger partial charge in [-0.2, -0.15) is 5.26 Å². The van der Waals surface area contributed by atoms with Gasteiger partial charge in [-0.25, -0.2) is 0 Å². The molecule has 4 heteroatoms. The summed E-state index contributed by atoms with van der Waals surface area (Å²) in [5, 5.41) is 17.7. The molecule has 0 bridgehead atoms. The zero-order chi connectivity index (χ0) is 12.7. The molecular formula is C13H18N2O2. The van der Waals surface area contributed by atoms with Crippen molar-refractivity contribution >= 4 is 5.69 Å². The van der Waals surface area contributed by atoms with Crippen molar-refractivity contribution in [1.29, 1.82) is 5.26 Å². The van der Waals surface area contributed by atoms with Gasteiger partial charge >= 0.3 is 0 Å². The summed E-state index contributed by atoms with van der Waals surface area (Å²) in [7, 11) is 1.62. The number of aliphatic hydroxyl groups excluding tert-OH is 1. The van der Waals surface area contributed by atoms with Crippen molar-refractivity contribution in [3.8, 4) is 11.8 Å². The molecule has 0 saturated carbocycles. The molecule has 17 heavy (non-hydrogen) atoms. The Morgan fingerprint density at radius 1 is 1.41 bits per heavy atom. The average Bonchev–Trinajstić information content (AvgIpc) is 2.34. The number of ether oxygens (including phenoxy) is 1. The maximum atomic E-state index is 9.06. The molecule has 0 unspecified atom stereocenters. The molecule has 0 saturated heterocycles. The summed E-state index contributed by atoms with van der Waals surface area (Å²) in [6.45, 7) is 3.16. The van der Waals surface area contributed by atoms with E-state index in [1.54, 1.807) is 7.11 Å². The molecule has 1 rings (SSSR count). The summed E-state index contributed by atoms with van der Waals surface area (Å²) < 4.78 is 5.30. The Morgan fingerprint density at radius 2 is 2.18 bits per heavy atom. The zero-order valence-corrected chi connectivity index (χ0v) is 10.3. The summed E-state index contributed by atoms with van der Waals surface area (Å²) in [4.78, 5) is 1.97. The summed E-state index contributed by atoms with van der Waals surface area (Å²) in [5.74, 6) is 0.766. The number of aliphatic hydroxyl groups is 1. The fourth-order valence-electron chi connectivity index (χ4n) is 1.71. The number of hydrogen-bond acceptors (Lipinski definition) is 4. The van der Waals surface area contributed by atoms with Crippen LogP contribution in [0.3, 0.4) is 0 Å². The number of hydrogen-bond donors (Lipinski definition) is 1. The molecule has 0 radical (unpaired) electrons. The van der Waals surface area contributed by atoms with Crippen molar-refractivity contribution in [3.63, 3.8) is 0 Å². The maximum Gasteiger partial charge on any atom is 0.142 e.